The summed E-state index contributed by atoms with van der Waals surface area (Å²) in [6, 6.07) is 10.9. The van der Waals surface area contributed by atoms with E-state index >= 15 is 4.39 Å². The Balaban J connectivity index is 1.30. The second kappa shape index (κ2) is 12.4. The molecule has 1 heterocycles. The average molecular weight is 675 g/mol. The minimum atomic E-state index is -1.39. The molecule has 12 heteroatoms. The largest absolute Gasteiger partial charge is 0.326 e. The fourth-order valence-electron chi connectivity index (χ4n) is 5.28. The van der Waals surface area contributed by atoms with E-state index < -0.39 is 58.4 Å². The number of amides is 1. The first kappa shape index (κ1) is 31.2. The molecule has 3 aromatic carbocycles. The summed E-state index contributed by atoms with van der Waals surface area (Å²) in [5, 5.41) is 6.45. The minimum Gasteiger partial charge on any atom is -0.326 e. The summed E-state index contributed by atoms with van der Waals surface area (Å²) >= 11 is 31.2. The van der Waals surface area contributed by atoms with Crippen LogP contribution in [0.5, 0.6) is 0 Å². The van der Waals surface area contributed by atoms with Crippen LogP contribution in [0.4, 0.5) is 14.5 Å². The van der Waals surface area contributed by atoms with Crippen molar-refractivity contribution in [3.63, 3.8) is 0 Å². The van der Waals surface area contributed by atoms with Gasteiger partial charge in [-0.1, -0.05) is 46.9 Å². The first-order valence-corrected chi connectivity index (χ1v) is 15.0. The molecule has 3 atom stereocenters. The lowest BCUT2D eigenvalue weighted by atomic mass is 9.96. The van der Waals surface area contributed by atoms with Crippen LogP contribution in [0.1, 0.15) is 45.8 Å². The summed E-state index contributed by atoms with van der Waals surface area (Å²) in [5.74, 6) is -4.54. The van der Waals surface area contributed by atoms with Gasteiger partial charge in [0.2, 0.25) is 5.91 Å². The number of carbonyl (C=O) groups is 3. The van der Waals surface area contributed by atoms with Gasteiger partial charge in [-0.2, -0.15) is 0 Å². The summed E-state index contributed by atoms with van der Waals surface area (Å²) in [5.41, 5.74) is 0.448. The highest BCUT2D eigenvalue weighted by molar-refractivity contribution is 6.53. The third-order valence-electron chi connectivity index (χ3n) is 7.59. The van der Waals surface area contributed by atoms with Gasteiger partial charge < -0.3 is 10.6 Å². The Morgan fingerprint density at radius 3 is 2.36 bits per heavy atom. The lowest BCUT2D eigenvalue weighted by molar-refractivity contribution is -0.120. The zero-order chi connectivity index (χ0) is 30.3. The molecule has 2 N–H and O–H groups in total. The van der Waals surface area contributed by atoms with Gasteiger partial charge in [0, 0.05) is 35.6 Å². The summed E-state index contributed by atoms with van der Waals surface area (Å²) in [6.45, 7) is 0.674. The van der Waals surface area contributed by atoms with Gasteiger partial charge in [-0.15, -0.1) is 23.2 Å². The second-order valence-corrected chi connectivity index (χ2v) is 13.0. The lowest BCUT2D eigenvalue weighted by Gasteiger charge is -2.13. The smallest absolute Gasteiger partial charge is 0.231 e. The number of hydrogen-bond acceptors (Lipinski definition) is 4. The number of Topliss-reactive ketones (excluding diaryl/α,β-unsaturated/α-hetero) is 2. The molecule has 5 rings (SSSR count). The molecular weight excluding hydrogens is 652 g/mol. The maximum atomic E-state index is 15.3. The Morgan fingerprint density at radius 1 is 0.929 bits per heavy atom. The number of ketones is 2. The number of rotatable bonds is 9. The quantitative estimate of drug-likeness (QED) is 0.180. The van der Waals surface area contributed by atoms with Crippen molar-refractivity contribution in [2.24, 2.45) is 5.92 Å². The number of halogens is 7. The monoisotopic (exact) mass is 672 g/mol. The Hall–Kier alpha value is -2.26. The van der Waals surface area contributed by atoms with Crippen molar-refractivity contribution in [2.45, 2.75) is 42.0 Å². The van der Waals surface area contributed by atoms with Crippen LogP contribution in [0.15, 0.2) is 48.5 Å². The molecule has 2 aliphatic rings. The van der Waals surface area contributed by atoms with Crippen molar-refractivity contribution in [1.29, 1.82) is 0 Å². The van der Waals surface area contributed by atoms with Crippen LogP contribution in [0.25, 0.3) is 0 Å². The number of anilines is 1. The summed E-state index contributed by atoms with van der Waals surface area (Å²) in [4.78, 5) is 38.8. The van der Waals surface area contributed by atoms with Crippen LogP contribution in [0.2, 0.25) is 15.1 Å². The van der Waals surface area contributed by atoms with Gasteiger partial charge >= 0.3 is 0 Å². The number of alkyl halides is 2. The van der Waals surface area contributed by atoms with E-state index in [9.17, 15) is 18.8 Å². The lowest BCUT2D eigenvalue weighted by Crippen LogP contribution is -2.32. The molecule has 0 unspecified atom stereocenters. The summed E-state index contributed by atoms with van der Waals surface area (Å²) < 4.78 is 28.4. The van der Waals surface area contributed by atoms with E-state index in [2.05, 4.69) is 10.6 Å². The molecule has 5 nitrogen and oxygen atoms in total. The van der Waals surface area contributed by atoms with E-state index in [0.29, 0.717) is 28.6 Å². The molecule has 1 amide bonds. The maximum Gasteiger partial charge on any atom is 0.231 e. The normalized spacial score (nSPS) is 20.8. The van der Waals surface area contributed by atoms with Gasteiger partial charge in [0.15, 0.2) is 11.6 Å². The Labute approximate surface area is 265 Å². The second-order valence-electron chi connectivity index (χ2n) is 10.4. The Morgan fingerprint density at radius 2 is 1.67 bits per heavy atom. The van der Waals surface area contributed by atoms with Gasteiger partial charge in [-0.05, 0) is 66.9 Å². The first-order chi connectivity index (χ1) is 19.9. The van der Waals surface area contributed by atoms with Crippen molar-refractivity contribution in [3.05, 3.63) is 97.5 Å². The molecule has 0 aromatic heterocycles. The summed E-state index contributed by atoms with van der Waals surface area (Å²) in [6.07, 6.45) is 0.555. The molecule has 1 saturated carbocycles. The van der Waals surface area contributed by atoms with Crippen LogP contribution >= 0.6 is 58.0 Å². The number of nitrogens with one attached hydrogen (secondary N) is 2. The van der Waals surface area contributed by atoms with Crippen LogP contribution in [0.3, 0.4) is 0 Å². The van der Waals surface area contributed by atoms with Gasteiger partial charge in [0.1, 0.15) is 16.0 Å². The van der Waals surface area contributed by atoms with E-state index in [1.165, 1.54) is 24.3 Å². The topological polar surface area (TPSA) is 75.3 Å². The minimum absolute atomic E-state index is 0.0193. The summed E-state index contributed by atoms with van der Waals surface area (Å²) in [7, 11) is 0. The van der Waals surface area contributed by atoms with Crippen LogP contribution < -0.4 is 10.6 Å². The third-order valence-corrected chi connectivity index (χ3v) is 9.60. The highest BCUT2D eigenvalue weighted by Gasteiger charge is 2.67. The Bertz CT molecular complexity index is 1590. The number of benzene rings is 3. The van der Waals surface area contributed by atoms with Crippen LogP contribution in [-0.4, -0.2) is 34.4 Å². The molecule has 0 bridgehead atoms. The standard InChI is InChI=1S/C30H23Cl5F2N2O3/c31-19-7-5-16(39-29(42)27-26(30(27,34)35)14-3-6-20(32)21(33)10-14)12-17(19)24(40)11-15-4-8-22(36)18(28(15)37)13-25(41)23-2-1-9-38-23/h3-8,10,12,23,26-27,38H,1-2,9,11,13H2,(H,39,42)/t23-,26+,27-/m1/s1. The SMILES string of the molecule is O=C(Cc1ccc(F)c(CC(=O)[C@H]2CCCN2)c1F)c1cc(NC(=O)[C@H]2[C@H](c3ccc(Cl)c(Cl)c3)C2(Cl)Cl)ccc1Cl. The van der Waals surface area contributed by atoms with Crippen LogP contribution in [0, 0.1) is 17.6 Å². The Kier molecular flexibility index (Phi) is 9.19. The maximum absolute atomic E-state index is 15.3. The van der Waals surface area contributed by atoms with Gasteiger partial charge in [-0.3, -0.25) is 14.4 Å². The zero-order valence-electron chi connectivity index (χ0n) is 21.8. The molecule has 0 spiro atoms. The van der Waals surface area contributed by atoms with E-state index in [-0.39, 0.29) is 33.2 Å². The molecule has 3 aromatic rings. The predicted octanol–water partition coefficient (Wildman–Crippen LogP) is 7.74. The third kappa shape index (κ3) is 6.33. The molecule has 2 fully saturated rings. The molecule has 1 aliphatic carbocycles. The molecular formula is C30H23Cl5F2N2O3. The van der Waals surface area contributed by atoms with Gasteiger partial charge in [0.05, 0.1) is 27.0 Å². The van der Waals surface area contributed by atoms with Crippen LogP contribution in [-0.2, 0) is 22.4 Å². The van der Waals surface area contributed by atoms with Crippen molar-refractivity contribution in [1.82, 2.24) is 5.32 Å². The predicted molar refractivity (Wildman–Crippen MR) is 161 cm³/mol. The zero-order valence-corrected chi connectivity index (χ0v) is 25.5. The van der Waals surface area contributed by atoms with Crippen molar-refractivity contribution in [3.8, 4) is 0 Å². The van der Waals surface area contributed by atoms with Crippen molar-refractivity contribution >= 4 is 81.2 Å². The number of carbonyl (C=O) groups excluding carboxylic acids is 3. The van der Waals surface area contributed by atoms with Crippen molar-refractivity contribution < 1.29 is 23.2 Å². The van der Waals surface area contributed by atoms with E-state index in [0.717, 1.165) is 12.5 Å². The molecule has 1 saturated heterocycles. The van der Waals surface area contributed by atoms with Crippen molar-refractivity contribution in [2.75, 3.05) is 11.9 Å². The molecule has 220 valence electrons. The van der Waals surface area contributed by atoms with Gasteiger partial charge in [0.25, 0.3) is 0 Å². The van der Waals surface area contributed by atoms with E-state index in [1.54, 1.807) is 18.2 Å². The molecule has 0 radical (unpaired) electrons. The van der Waals surface area contributed by atoms with E-state index in [1.807, 2.05) is 0 Å². The molecule has 1 aliphatic heterocycles. The van der Waals surface area contributed by atoms with E-state index in [4.69, 9.17) is 58.0 Å². The number of hydrogen-bond donors (Lipinski definition) is 2. The fraction of sp³-hybridized carbons (Fsp3) is 0.300. The van der Waals surface area contributed by atoms with Gasteiger partial charge in [-0.25, -0.2) is 8.78 Å². The first-order valence-electron chi connectivity index (χ1n) is 13.1. The highest BCUT2D eigenvalue weighted by Crippen LogP contribution is 2.65. The average Bonchev–Trinajstić information content (AvgIpc) is 3.25. The molecule has 42 heavy (non-hydrogen) atoms. The highest BCUT2D eigenvalue weighted by atomic mass is 35.5. The fourth-order valence-corrected chi connectivity index (χ4v) is 6.64.